The topological polar surface area (TPSA) is 37.3 Å². The van der Waals surface area contributed by atoms with E-state index in [0.29, 0.717) is 24.3 Å². The minimum atomic E-state index is -0.314. The number of aromatic nitrogens is 1. The van der Waals surface area contributed by atoms with Gasteiger partial charge in [-0.25, -0.2) is 9.18 Å². The van der Waals surface area contributed by atoms with Crippen LogP contribution in [-0.4, -0.2) is 22.0 Å². The van der Waals surface area contributed by atoms with Gasteiger partial charge in [-0.1, -0.05) is 18.2 Å². The molecule has 25 heavy (non-hydrogen) atoms. The molecule has 2 amide bonds. The molecule has 0 saturated carbocycles. The van der Waals surface area contributed by atoms with E-state index < -0.39 is 0 Å². The summed E-state index contributed by atoms with van der Waals surface area (Å²) in [6.07, 6.45) is 2.95. The summed E-state index contributed by atoms with van der Waals surface area (Å²) < 4.78 is 15.8. The molecule has 0 saturated heterocycles. The van der Waals surface area contributed by atoms with E-state index in [4.69, 9.17) is 0 Å². The lowest BCUT2D eigenvalue weighted by Gasteiger charge is -2.22. The Morgan fingerprint density at radius 2 is 2.04 bits per heavy atom. The molecule has 3 aromatic rings. The normalized spacial score (nSPS) is 13.8. The fourth-order valence-electron chi connectivity index (χ4n) is 3.53. The van der Waals surface area contributed by atoms with E-state index in [1.165, 1.54) is 22.5 Å². The van der Waals surface area contributed by atoms with Gasteiger partial charge in [-0.15, -0.1) is 0 Å². The lowest BCUT2D eigenvalue weighted by atomic mass is 10.1. The quantitative estimate of drug-likeness (QED) is 0.709. The number of anilines is 1. The maximum Gasteiger partial charge on any atom is 0.322 e. The Kier molecular flexibility index (Phi) is 3.71. The van der Waals surface area contributed by atoms with Gasteiger partial charge in [0.05, 0.1) is 0 Å². The van der Waals surface area contributed by atoms with Gasteiger partial charge in [0.15, 0.2) is 0 Å². The van der Waals surface area contributed by atoms with Crippen molar-refractivity contribution < 1.29 is 9.18 Å². The number of benzene rings is 2. The number of halogens is 1. The van der Waals surface area contributed by atoms with E-state index in [0.717, 1.165) is 12.0 Å². The molecule has 0 atom stereocenters. The van der Waals surface area contributed by atoms with E-state index in [1.807, 2.05) is 13.1 Å². The largest absolute Gasteiger partial charge is 0.350 e. The van der Waals surface area contributed by atoms with Gasteiger partial charge in [0.1, 0.15) is 5.82 Å². The first kappa shape index (κ1) is 15.7. The first-order valence-electron chi connectivity index (χ1n) is 8.41. The van der Waals surface area contributed by atoms with Crippen molar-refractivity contribution in [1.29, 1.82) is 0 Å². The number of hydrogen-bond donors (Lipinski definition) is 1. The minimum Gasteiger partial charge on any atom is -0.350 e. The predicted octanol–water partition coefficient (Wildman–Crippen LogP) is 4.22. The van der Waals surface area contributed by atoms with Crippen LogP contribution in [0.5, 0.6) is 0 Å². The second-order valence-electron chi connectivity index (χ2n) is 6.64. The lowest BCUT2D eigenvalue weighted by Crippen LogP contribution is -2.35. The summed E-state index contributed by atoms with van der Waals surface area (Å²) in [5.41, 5.74) is 4.65. The Balaban J connectivity index is 1.59. The van der Waals surface area contributed by atoms with Gasteiger partial charge < -0.3 is 14.8 Å². The first-order valence-corrected chi connectivity index (χ1v) is 8.41. The van der Waals surface area contributed by atoms with Crippen LogP contribution in [0.4, 0.5) is 14.9 Å². The third-order valence-electron chi connectivity index (χ3n) is 4.90. The molecule has 0 bridgehead atoms. The average Bonchev–Trinajstić information content (AvgIpc) is 2.80. The highest BCUT2D eigenvalue weighted by atomic mass is 19.1. The highest BCUT2D eigenvalue weighted by Crippen LogP contribution is 2.29. The monoisotopic (exact) mass is 337 g/mol. The Morgan fingerprint density at radius 3 is 2.84 bits per heavy atom. The van der Waals surface area contributed by atoms with Crippen LogP contribution in [0.3, 0.4) is 0 Å². The van der Waals surface area contributed by atoms with Crippen molar-refractivity contribution in [3.63, 3.8) is 0 Å². The van der Waals surface area contributed by atoms with E-state index in [9.17, 15) is 9.18 Å². The fraction of sp³-hybridized carbons (Fsp3) is 0.250. The molecule has 2 aromatic carbocycles. The van der Waals surface area contributed by atoms with E-state index in [-0.39, 0.29) is 11.8 Å². The number of nitrogens with one attached hydrogen (secondary N) is 1. The first-order chi connectivity index (χ1) is 12.0. The molecule has 0 fully saturated rings. The number of hydrogen-bond acceptors (Lipinski definition) is 1. The zero-order valence-corrected chi connectivity index (χ0v) is 14.3. The van der Waals surface area contributed by atoms with Crippen LogP contribution >= 0.6 is 0 Å². The van der Waals surface area contributed by atoms with Gasteiger partial charge in [0.2, 0.25) is 0 Å². The highest BCUT2D eigenvalue weighted by Gasteiger charge is 2.22. The summed E-state index contributed by atoms with van der Waals surface area (Å²) in [6.45, 7) is 2.89. The van der Waals surface area contributed by atoms with Crippen molar-refractivity contribution in [2.24, 2.45) is 7.05 Å². The second-order valence-corrected chi connectivity index (χ2v) is 6.64. The number of amides is 2. The minimum absolute atomic E-state index is 0.199. The molecular formula is C20H20FN3O. The Hall–Kier alpha value is -2.82. The molecule has 0 radical (unpaired) electrons. The van der Waals surface area contributed by atoms with Gasteiger partial charge in [-0.05, 0) is 48.2 Å². The zero-order chi connectivity index (χ0) is 17.6. The van der Waals surface area contributed by atoms with E-state index in [1.54, 1.807) is 24.0 Å². The van der Waals surface area contributed by atoms with Crippen molar-refractivity contribution in [1.82, 2.24) is 9.47 Å². The van der Waals surface area contributed by atoms with Crippen LogP contribution in [0.15, 0.2) is 42.6 Å². The average molecular weight is 337 g/mol. The van der Waals surface area contributed by atoms with Crippen LogP contribution in [-0.2, 0) is 20.0 Å². The molecule has 128 valence electrons. The van der Waals surface area contributed by atoms with Crippen molar-refractivity contribution in [3.05, 3.63) is 65.1 Å². The lowest BCUT2D eigenvalue weighted by molar-refractivity contribution is 0.210. The van der Waals surface area contributed by atoms with Crippen LogP contribution in [0, 0.1) is 12.7 Å². The number of carbonyl (C=O) groups is 1. The second kappa shape index (κ2) is 5.92. The summed E-state index contributed by atoms with van der Waals surface area (Å²) in [5, 5.41) is 4.06. The molecule has 1 aliphatic heterocycles. The summed E-state index contributed by atoms with van der Waals surface area (Å²) in [4.78, 5) is 14.4. The Morgan fingerprint density at radius 1 is 1.20 bits per heavy atom. The van der Waals surface area contributed by atoms with Crippen molar-refractivity contribution >= 4 is 22.6 Å². The zero-order valence-electron chi connectivity index (χ0n) is 14.3. The molecule has 0 unspecified atom stereocenters. The van der Waals surface area contributed by atoms with Crippen molar-refractivity contribution in [2.75, 3.05) is 11.9 Å². The highest BCUT2D eigenvalue weighted by molar-refractivity contribution is 5.91. The summed E-state index contributed by atoms with van der Waals surface area (Å²) in [5.74, 6) is -0.314. The molecule has 5 heteroatoms. The number of carbonyl (C=O) groups excluding carboxylic acids is 1. The molecular weight excluding hydrogens is 317 g/mol. The number of nitrogens with zero attached hydrogens (tertiary/aromatic N) is 2. The predicted molar refractivity (Wildman–Crippen MR) is 97.2 cm³/mol. The van der Waals surface area contributed by atoms with Gasteiger partial charge in [0, 0.05) is 42.9 Å². The number of urea groups is 1. The maximum absolute atomic E-state index is 13.7. The third kappa shape index (κ3) is 2.76. The van der Waals surface area contributed by atoms with Crippen LogP contribution < -0.4 is 5.32 Å². The van der Waals surface area contributed by atoms with Crippen molar-refractivity contribution in [2.45, 2.75) is 19.9 Å². The SMILES string of the molecule is Cc1ccc(NC(=O)N2CCc3cn(C)c4cccc(c34)C2)cc1F. The van der Waals surface area contributed by atoms with Crippen LogP contribution in [0.1, 0.15) is 16.7 Å². The molecule has 1 aliphatic rings. The molecule has 1 aromatic heterocycles. The summed E-state index contributed by atoms with van der Waals surface area (Å²) >= 11 is 0. The van der Waals surface area contributed by atoms with Crippen molar-refractivity contribution in [3.8, 4) is 0 Å². The molecule has 1 N–H and O–H groups in total. The summed E-state index contributed by atoms with van der Waals surface area (Å²) in [7, 11) is 2.05. The van der Waals surface area contributed by atoms with Gasteiger partial charge >= 0.3 is 6.03 Å². The Labute approximate surface area is 145 Å². The van der Waals surface area contributed by atoms with E-state index in [2.05, 4.69) is 28.2 Å². The Bertz CT molecular complexity index is 976. The van der Waals surface area contributed by atoms with E-state index >= 15 is 0 Å². The van der Waals surface area contributed by atoms with Gasteiger partial charge in [-0.3, -0.25) is 0 Å². The number of rotatable bonds is 1. The molecule has 0 spiro atoms. The maximum atomic E-state index is 13.7. The smallest absolute Gasteiger partial charge is 0.322 e. The molecule has 0 aliphatic carbocycles. The fourth-order valence-corrected chi connectivity index (χ4v) is 3.53. The summed E-state index contributed by atoms with van der Waals surface area (Å²) in [6, 6.07) is 10.8. The molecule has 4 rings (SSSR count). The number of aryl methyl sites for hydroxylation is 2. The van der Waals surface area contributed by atoms with Gasteiger partial charge in [-0.2, -0.15) is 0 Å². The van der Waals surface area contributed by atoms with Gasteiger partial charge in [0.25, 0.3) is 0 Å². The standard InChI is InChI=1S/C20H20FN3O/c1-13-6-7-16(10-17(13)21)22-20(25)24-9-8-15-11-23(2)18-5-3-4-14(12-24)19(15)18/h3-7,10-11H,8-9,12H2,1-2H3,(H,22,25). The molecule has 2 heterocycles. The molecule has 4 nitrogen and oxygen atoms in total. The van der Waals surface area contributed by atoms with Crippen LogP contribution in [0.2, 0.25) is 0 Å². The van der Waals surface area contributed by atoms with Crippen LogP contribution in [0.25, 0.3) is 10.9 Å². The third-order valence-corrected chi connectivity index (χ3v) is 4.90.